The summed E-state index contributed by atoms with van der Waals surface area (Å²) in [4.78, 5) is 17.0. The van der Waals surface area contributed by atoms with Gasteiger partial charge in [-0.2, -0.15) is 0 Å². The Balaban J connectivity index is 1.26. The van der Waals surface area contributed by atoms with Gasteiger partial charge in [0.2, 0.25) is 0 Å². The number of carbonyl (C=O) groups is 1. The van der Waals surface area contributed by atoms with Crippen molar-refractivity contribution in [2.75, 3.05) is 26.7 Å². The number of para-hydroxylation sites is 1. The van der Waals surface area contributed by atoms with E-state index >= 15 is 0 Å². The number of fused-ring (bicyclic) bond motifs is 2. The molecule has 4 rings (SSSR count). The summed E-state index contributed by atoms with van der Waals surface area (Å²) < 4.78 is 5.63. The van der Waals surface area contributed by atoms with Crippen LogP contribution < -0.4 is 0 Å². The predicted octanol–water partition coefficient (Wildman–Crippen LogP) is 4.57. The molecule has 0 saturated heterocycles. The van der Waals surface area contributed by atoms with Crippen LogP contribution in [-0.4, -0.2) is 42.4 Å². The summed E-state index contributed by atoms with van der Waals surface area (Å²) in [7, 11) is 2.15. The number of amides is 1. The number of aryl methyl sites for hydroxylation is 2. The van der Waals surface area contributed by atoms with Gasteiger partial charge in [-0.3, -0.25) is 4.79 Å². The van der Waals surface area contributed by atoms with Gasteiger partial charge >= 0.3 is 0 Å². The third-order valence-corrected chi connectivity index (χ3v) is 5.89. The molecule has 4 heteroatoms. The maximum atomic E-state index is 12.6. The molecule has 146 valence electrons. The highest BCUT2D eigenvalue weighted by atomic mass is 16.3. The van der Waals surface area contributed by atoms with Crippen molar-refractivity contribution >= 4 is 16.9 Å². The van der Waals surface area contributed by atoms with E-state index in [-0.39, 0.29) is 5.91 Å². The summed E-state index contributed by atoms with van der Waals surface area (Å²) in [5.41, 5.74) is 6.74. The van der Waals surface area contributed by atoms with E-state index in [2.05, 4.69) is 44.0 Å². The predicted molar refractivity (Wildman–Crippen MR) is 113 cm³/mol. The number of hydrogen-bond donors (Lipinski definition) is 0. The minimum atomic E-state index is 0.186. The molecule has 0 fully saturated rings. The van der Waals surface area contributed by atoms with E-state index in [4.69, 9.17) is 4.42 Å². The highest BCUT2D eigenvalue weighted by Crippen LogP contribution is 2.26. The summed E-state index contributed by atoms with van der Waals surface area (Å²) in [6.45, 7) is 7.71. The second-order valence-electron chi connectivity index (χ2n) is 7.98. The first-order valence-electron chi connectivity index (χ1n) is 10.1. The van der Waals surface area contributed by atoms with Crippen LogP contribution in [-0.2, 0) is 13.0 Å². The molecular weight excluding hydrogens is 348 g/mol. The zero-order valence-corrected chi connectivity index (χ0v) is 17.0. The van der Waals surface area contributed by atoms with Crippen molar-refractivity contribution in [2.45, 2.75) is 33.2 Å². The molecule has 0 saturated carbocycles. The molecule has 0 spiro atoms. The summed E-state index contributed by atoms with van der Waals surface area (Å²) in [6.07, 6.45) is 3.84. The van der Waals surface area contributed by atoms with Crippen molar-refractivity contribution in [2.24, 2.45) is 0 Å². The van der Waals surface area contributed by atoms with E-state index in [1.165, 1.54) is 27.6 Å². The normalized spacial score (nSPS) is 13.7. The first-order valence-corrected chi connectivity index (χ1v) is 10.1. The first kappa shape index (κ1) is 18.8. The van der Waals surface area contributed by atoms with Crippen LogP contribution in [0.4, 0.5) is 0 Å². The van der Waals surface area contributed by atoms with Gasteiger partial charge in [-0.15, -0.1) is 0 Å². The van der Waals surface area contributed by atoms with Crippen molar-refractivity contribution < 1.29 is 9.21 Å². The third-order valence-electron chi connectivity index (χ3n) is 5.89. The zero-order valence-electron chi connectivity index (χ0n) is 17.0. The Bertz CT molecular complexity index is 1010. The topological polar surface area (TPSA) is 36.7 Å². The van der Waals surface area contributed by atoms with Gasteiger partial charge in [0, 0.05) is 30.6 Å². The largest absolute Gasteiger partial charge is 0.464 e. The smallest absolute Gasteiger partial charge is 0.254 e. The van der Waals surface area contributed by atoms with Gasteiger partial charge in [0.15, 0.2) is 0 Å². The van der Waals surface area contributed by atoms with Gasteiger partial charge < -0.3 is 14.2 Å². The van der Waals surface area contributed by atoms with E-state index in [1.54, 1.807) is 0 Å². The van der Waals surface area contributed by atoms with Crippen molar-refractivity contribution in [1.82, 2.24) is 9.80 Å². The molecule has 0 atom stereocenters. The molecule has 0 radical (unpaired) electrons. The number of likely N-dealkylation sites (N-methyl/N-ethyl adjacent to an activating group) is 1. The summed E-state index contributed by atoms with van der Waals surface area (Å²) >= 11 is 0. The van der Waals surface area contributed by atoms with Crippen LogP contribution in [0.25, 0.3) is 11.0 Å². The lowest BCUT2D eigenvalue weighted by atomic mass is 10.0. The van der Waals surface area contributed by atoms with Crippen LogP contribution in [0.2, 0.25) is 0 Å². The second kappa shape index (κ2) is 7.80. The van der Waals surface area contributed by atoms with Crippen molar-refractivity contribution in [3.05, 3.63) is 70.5 Å². The minimum Gasteiger partial charge on any atom is -0.464 e. The van der Waals surface area contributed by atoms with Crippen LogP contribution in [0.1, 0.15) is 39.0 Å². The maximum Gasteiger partial charge on any atom is 0.254 e. The molecule has 0 bridgehead atoms. The van der Waals surface area contributed by atoms with Gasteiger partial charge in [-0.25, -0.2) is 0 Å². The summed E-state index contributed by atoms with van der Waals surface area (Å²) in [6, 6.07) is 12.4. The number of furan rings is 1. The van der Waals surface area contributed by atoms with E-state index in [0.29, 0.717) is 0 Å². The van der Waals surface area contributed by atoms with Crippen LogP contribution >= 0.6 is 0 Å². The second-order valence-corrected chi connectivity index (χ2v) is 7.98. The number of nitrogens with zero attached hydrogens (tertiary/aromatic N) is 2. The molecule has 2 heterocycles. The van der Waals surface area contributed by atoms with Crippen LogP contribution in [0.3, 0.4) is 0 Å². The number of benzene rings is 2. The van der Waals surface area contributed by atoms with E-state index in [0.717, 1.165) is 50.2 Å². The fraction of sp³-hybridized carbons (Fsp3) is 0.375. The fourth-order valence-electron chi connectivity index (χ4n) is 4.02. The molecular formula is C24H28N2O2. The molecule has 1 aromatic heterocycles. The fourth-order valence-corrected chi connectivity index (χ4v) is 4.02. The third kappa shape index (κ3) is 3.69. The van der Waals surface area contributed by atoms with Gasteiger partial charge in [0.1, 0.15) is 5.58 Å². The number of rotatable bonds is 7. The lowest BCUT2D eigenvalue weighted by Gasteiger charge is -2.20. The Labute approximate surface area is 166 Å². The van der Waals surface area contributed by atoms with E-state index < -0.39 is 0 Å². The van der Waals surface area contributed by atoms with Crippen molar-refractivity contribution in [3.8, 4) is 0 Å². The van der Waals surface area contributed by atoms with Gasteiger partial charge in [0.25, 0.3) is 5.91 Å². The summed E-state index contributed by atoms with van der Waals surface area (Å²) in [5, 5.41) is 1.21. The SMILES string of the molecule is Cc1cc2c(cc1C)C(=O)N(CCCN(C)CCc1coc3ccccc13)C2. The van der Waals surface area contributed by atoms with Gasteiger partial charge in [-0.05, 0) is 74.7 Å². The van der Waals surface area contributed by atoms with Crippen LogP contribution in [0.5, 0.6) is 0 Å². The lowest BCUT2D eigenvalue weighted by molar-refractivity contribution is 0.0772. The maximum absolute atomic E-state index is 12.6. The quantitative estimate of drug-likeness (QED) is 0.606. The molecule has 0 N–H and O–H groups in total. The van der Waals surface area contributed by atoms with Crippen molar-refractivity contribution in [1.29, 1.82) is 0 Å². The Kier molecular flexibility index (Phi) is 5.23. The van der Waals surface area contributed by atoms with Crippen LogP contribution in [0.15, 0.2) is 47.1 Å². The molecule has 1 aliphatic rings. The summed E-state index contributed by atoms with van der Waals surface area (Å²) in [5.74, 6) is 0.186. The molecule has 0 unspecified atom stereocenters. The molecule has 0 aliphatic carbocycles. The van der Waals surface area contributed by atoms with E-state index in [9.17, 15) is 4.79 Å². The lowest BCUT2D eigenvalue weighted by Crippen LogP contribution is -2.29. The molecule has 4 nitrogen and oxygen atoms in total. The standard InChI is InChI=1S/C24H28N2O2/c1-17-13-20-15-26(24(27)22(20)14-18(17)2)11-6-10-25(3)12-9-19-16-28-23-8-5-4-7-21(19)23/h4-5,7-8,13-14,16H,6,9-12,15H2,1-3H3. The monoisotopic (exact) mass is 376 g/mol. The van der Waals surface area contributed by atoms with Crippen molar-refractivity contribution in [3.63, 3.8) is 0 Å². The first-order chi connectivity index (χ1) is 13.5. The minimum absolute atomic E-state index is 0.186. The Morgan fingerprint density at radius 1 is 1.11 bits per heavy atom. The Hall–Kier alpha value is -2.59. The highest BCUT2D eigenvalue weighted by Gasteiger charge is 2.27. The highest BCUT2D eigenvalue weighted by molar-refractivity contribution is 5.98. The molecule has 1 aliphatic heterocycles. The molecule has 1 amide bonds. The van der Waals surface area contributed by atoms with Crippen LogP contribution in [0, 0.1) is 13.8 Å². The van der Waals surface area contributed by atoms with Gasteiger partial charge in [0.05, 0.1) is 6.26 Å². The average molecular weight is 377 g/mol. The average Bonchev–Trinajstić information content (AvgIpc) is 3.23. The molecule has 2 aromatic carbocycles. The zero-order chi connectivity index (χ0) is 19.7. The number of carbonyl (C=O) groups excluding carboxylic acids is 1. The molecule has 28 heavy (non-hydrogen) atoms. The number of hydrogen-bond acceptors (Lipinski definition) is 3. The van der Waals surface area contributed by atoms with Gasteiger partial charge in [-0.1, -0.05) is 24.3 Å². The Morgan fingerprint density at radius 3 is 2.75 bits per heavy atom. The van der Waals surface area contributed by atoms with E-state index in [1.807, 2.05) is 29.4 Å². The molecule has 3 aromatic rings. The Morgan fingerprint density at radius 2 is 1.89 bits per heavy atom.